The van der Waals surface area contributed by atoms with E-state index in [-0.39, 0.29) is 23.0 Å². The predicted octanol–water partition coefficient (Wildman–Crippen LogP) is 1.06. The normalized spacial score (nSPS) is 10.2. The maximum absolute atomic E-state index is 13.7. The molecule has 0 fully saturated rings. The van der Waals surface area contributed by atoms with Crippen LogP contribution in [-0.2, 0) is 17.1 Å². The fraction of sp³-hybridized carbons (Fsp3) is 0.182. The molecule has 0 saturated heterocycles. The standard InChI is InChI=1S/C11H8FN5O2S/c12-9-3-7(4-13)1-2-8(9)6-20-11-14-15-16-17(11)5-10(18)19/h1-3H,5-6H2,(H,18,19). The van der Waals surface area contributed by atoms with Gasteiger partial charge in [-0.3, -0.25) is 4.79 Å². The Morgan fingerprint density at radius 2 is 2.35 bits per heavy atom. The molecule has 7 nitrogen and oxygen atoms in total. The van der Waals surface area contributed by atoms with Gasteiger partial charge in [-0.15, -0.1) is 5.10 Å². The van der Waals surface area contributed by atoms with Crippen molar-refractivity contribution in [3.63, 3.8) is 0 Å². The van der Waals surface area contributed by atoms with Gasteiger partial charge in [-0.05, 0) is 28.1 Å². The van der Waals surface area contributed by atoms with E-state index in [0.717, 1.165) is 22.5 Å². The van der Waals surface area contributed by atoms with E-state index in [1.807, 2.05) is 6.07 Å². The van der Waals surface area contributed by atoms with Crippen LogP contribution < -0.4 is 0 Å². The zero-order chi connectivity index (χ0) is 14.5. The summed E-state index contributed by atoms with van der Waals surface area (Å²) in [5, 5.41) is 28.2. The summed E-state index contributed by atoms with van der Waals surface area (Å²) < 4.78 is 14.8. The number of aliphatic carboxylic acids is 1. The van der Waals surface area contributed by atoms with Crippen molar-refractivity contribution in [3.8, 4) is 6.07 Å². The molecule has 0 aliphatic rings. The van der Waals surface area contributed by atoms with Crippen LogP contribution in [0.15, 0.2) is 23.4 Å². The van der Waals surface area contributed by atoms with E-state index in [4.69, 9.17) is 10.4 Å². The van der Waals surface area contributed by atoms with E-state index in [9.17, 15) is 9.18 Å². The van der Waals surface area contributed by atoms with Crippen LogP contribution in [0, 0.1) is 17.1 Å². The SMILES string of the molecule is N#Cc1ccc(CSc2nnnn2CC(=O)O)c(F)c1. The van der Waals surface area contributed by atoms with Crippen LogP contribution in [0.2, 0.25) is 0 Å². The van der Waals surface area contributed by atoms with Crippen molar-refractivity contribution in [2.45, 2.75) is 17.5 Å². The topological polar surface area (TPSA) is 105 Å². The van der Waals surface area contributed by atoms with Gasteiger partial charge in [-0.2, -0.15) is 5.26 Å². The number of benzene rings is 1. The van der Waals surface area contributed by atoms with Crippen LogP contribution in [0.1, 0.15) is 11.1 Å². The molecule has 0 aliphatic heterocycles. The number of carbonyl (C=O) groups is 1. The Labute approximate surface area is 117 Å². The van der Waals surface area contributed by atoms with Crippen molar-refractivity contribution in [2.24, 2.45) is 0 Å². The third-order valence-electron chi connectivity index (χ3n) is 2.32. The molecule has 0 radical (unpaired) electrons. The zero-order valence-corrected chi connectivity index (χ0v) is 10.8. The number of hydrogen-bond donors (Lipinski definition) is 1. The van der Waals surface area contributed by atoms with E-state index in [1.54, 1.807) is 0 Å². The minimum absolute atomic E-state index is 0.234. The van der Waals surface area contributed by atoms with Gasteiger partial charge in [0.2, 0.25) is 5.16 Å². The summed E-state index contributed by atoms with van der Waals surface area (Å²) in [6.45, 7) is -0.356. The summed E-state index contributed by atoms with van der Waals surface area (Å²) in [6.07, 6.45) is 0. The highest BCUT2D eigenvalue weighted by Gasteiger charge is 2.11. The molecule has 9 heteroatoms. The lowest BCUT2D eigenvalue weighted by atomic mass is 10.1. The number of nitriles is 1. The van der Waals surface area contributed by atoms with Crippen molar-refractivity contribution in [3.05, 3.63) is 35.1 Å². The average Bonchev–Trinajstić information content (AvgIpc) is 2.83. The van der Waals surface area contributed by atoms with Gasteiger partial charge in [0.05, 0.1) is 11.6 Å². The van der Waals surface area contributed by atoms with E-state index in [2.05, 4.69) is 15.5 Å². The lowest BCUT2D eigenvalue weighted by molar-refractivity contribution is -0.138. The number of tetrazole rings is 1. The first-order chi connectivity index (χ1) is 9.60. The zero-order valence-electron chi connectivity index (χ0n) is 10.0. The van der Waals surface area contributed by atoms with Crippen LogP contribution >= 0.6 is 11.8 Å². The summed E-state index contributed by atoms with van der Waals surface area (Å²) in [7, 11) is 0. The lowest BCUT2D eigenvalue weighted by Gasteiger charge is -2.03. The predicted molar refractivity (Wildman–Crippen MR) is 66.1 cm³/mol. The Balaban J connectivity index is 2.08. The van der Waals surface area contributed by atoms with Crippen LogP contribution in [0.25, 0.3) is 0 Å². The van der Waals surface area contributed by atoms with Crippen LogP contribution in [0.5, 0.6) is 0 Å². The summed E-state index contributed by atoms with van der Waals surface area (Å²) >= 11 is 1.12. The second-order valence-electron chi connectivity index (χ2n) is 3.72. The Kier molecular flexibility index (Phi) is 4.27. The van der Waals surface area contributed by atoms with Gasteiger partial charge >= 0.3 is 5.97 Å². The Morgan fingerprint density at radius 3 is 3.00 bits per heavy atom. The van der Waals surface area contributed by atoms with Crippen molar-refractivity contribution < 1.29 is 14.3 Å². The molecule has 2 rings (SSSR count). The Hall–Kier alpha value is -2.47. The Bertz CT molecular complexity index is 682. The van der Waals surface area contributed by atoms with Crippen LogP contribution in [-0.4, -0.2) is 31.3 Å². The molecule has 1 N–H and O–H groups in total. The molecule has 102 valence electrons. The largest absolute Gasteiger partial charge is 0.480 e. The number of nitrogens with zero attached hydrogens (tertiary/aromatic N) is 5. The summed E-state index contributed by atoms with van der Waals surface area (Å²) in [5.74, 6) is -1.32. The molecule has 0 atom stereocenters. The minimum atomic E-state index is -1.07. The number of hydrogen-bond acceptors (Lipinski definition) is 6. The van der Waals surface area contributed by atoms with Gasteiger partial charge < -0.3 is 5.11 Å². The van der Waals surface area contributed by atoms with Gasteiger partial charge in [0, 0.05) is 5.75 Å². The highest BCUT2D eigenvalue weighted by atomic mass is 32.2. The highest BCUT2D eigenvalue weighted by molar-refractivity contribution is 7.98. The number of carboxylic acids is 1. The van der Waals surface area contributed by atoms with Crippen LogP contribution in [0.4, 0.5) is 4.39 Å². The number of halogens is 1. The van der Waals surface area contributed by atoms with E-state index < -0.39 is 11.8 Å². The maximum atomic E-state index is 13.7. The van der Waals surface area contributed by atoms with Crippen molar-refractivity contribution >= 4 is 17.7 Å². The van der Waals surface area contributed by atoms with Gasteiger partial charge in [0.1, 0.15) is 12.4 Å². The number of aromatic nitrogens is 4. The van der Waals surface area contributed by atoms with Crippen molar-refractivity contribution in [1.29, 1.82) is 5.26 Å². The molecule has 2 aromatic rings. The fourth-order valence-electron chi connectivity index (χ4n) is 1.40. The van der Waals surface area contributed by atoms with Gasteiger partial charge in [-0.1, -0.05) is 17.8 Å². The monoisotopic (exact) mass is 293 g/mol. The molecule has 1 heterocycles. The molecular formula is C11H8FN5O2S. The highest BCUT2D eigenvalue weighted by Crippen LogP contribution is 2.22. The number of carboxylic acid groups (broad SMARTS) is 1. The first-order valence-electron chi connectivity index (χ1n) is 5.39. The number of thioether (sulfide) groups is 1. The lowest BCUT2D eigenvalue weighted by Crippen LogP contribution is -2.11. The summed E-state index contributed by atoms with van der Waals surface area (Å²) in [4.78, 5) is 10.6. The molecule has 0 amide bonds. The molecular weight excluding hydrogens is 285 g/mol. The van der Waals surface area contributed by atoms with Gasteiger partial charge in [0.25, 0.3) is 0 Å². The molecule has 0 saturated carbocycles. The maximum Gasteiger partial charge on any atom is 0.325 e. The van der Waals surface area contributed by atoms with E-state index >= 15 is 0 Å². The Morgan fingerprint density at radius 1 is 1.55 bits per heavy atom. The second kappa shape index (κ2) is 6.12. The smallest absolute Gasteiger partial charge is 0.325 e. The van der Waals surface area contributed by atoms with Crippen LogP contribution in [0.3, 0.4) is 0 Å². The van der Waals surface area contributed by atoms with E-state index in [1.165, 1.54) is 12.1 Å². The van der Waals surface area contributed by atoms with Crippen molar-refractivity contribution in [2.75, 3.05) is 0 Å². The second-order valence-corrected chi connectivity index (χ2v) is 4.66. The quantitative estimate of drug-likeness (QED) is 0.822. The van der Waals surface area contributed by atoms with Gasteiger partial charge in [-0.25, -0.2) is 9.07 Å². The van der Waals surface area contributed by atoms with E-state index in [0.29, 0.717) is 5.56 Å². The molecule has 0 aliphatic carbocycles. The molecule has 0 unspecified atom stereocenters. The molecule has 1 aromatic heterocycles. The molecule has 0 spiro atoms. The van der Waals surface area contributed by atoms with Gasteiger partial charge in [0.15, 0.2) is 0 Å². The fourth-order valence-corrected chi connectivity index (χ4v) is 2.27. The van der Waals surface area contributed by atoms with Crippen molar-refractivity contribution in [1.82, 2.24) is 20.2 Å². The average molecular weight is 293 g/mol. The molecule has 20 heavy (non-hydrogen) atoms. The number of rotatable bonds is 5. The third kappa shape index (κ3) is 3.30. The minimum Gasteiger partial charge on any atom is -0.480 e. The summed E-state index contributed by atoms with van der Waals surface area (Å²) in [6, 6.07) is 6.02. The third-order valence-corrected chi connectivity index (χ3v) is 3.33. The molecule has 1 aromatic carbocycles. The summed E-state index contributed by atoms with van der Waals surface area (Å²) in [5.41, 5.74) is 0.630. The first-order valence-corrected chi connectivity index (χ1v) is 6.38. The molecule has 0 bridgehead atoms. The first kappa shape index (κ1) is 14.0.